The number of nitrogens with one attached hydrogen (secondary N) is 2. The topological polar surface area (TPSA) is 67.4 Å². The lowest BCUT2D eigenvalue weighted by atomic mass is 10.2. The molecule has 0 aliphatic rings. The van der Waals surface area contributed by atoms with Crippen LogP contribution in [0.3, 0.4) is 0 Å². The summed E-state index contributed by atoms with van der Waals surface area (Å²) in [5.74, 6) is 0. The van der Waals surface area contributed by atoms with Crippen molar-refractivity contribution in [3.63, 3.8) is 0 Å². The monoisotopic (exact) mass is 322 g/mol. The molecule has 5 nitrogen and oxygen atoms in total. The van der Waals surface area contributed by atoms with Crippen molar-refractivity contribution in [2.45, 2.75) is 18.2 Å². The fraction of sp³-hybridized carbons (Fsp3) is 0.538. The average molecular weight is 323 g/mol. The molecule has 7 heteroatoms. The summed E-state index contributed by atoms with van der Waals surface area (Å²) < 4.78 is 31.5. The Labute approximate surface area is 127 Å². The van der Waals surface area contributed by atoms with Gasteiger partial charge in [-0.15, -0.1) is 12.4 Å². The molecule has 0 aliphatic heterocycles. The van der Waals surface area contributed by atoms with E-state index in [0.717, 1.165) is 12.0 Å². The molecule has 0 radical (unpaired) electrons. The predicted octanol–water partition coefficient (Wildman–Crippen LogP) is 1.19. The molecule has 0 spiro atoms. The molecule has 20 heavy (non-hydrogen) atoms. The molecule has 2 N–H and O–H groups in total. The van der Waals surface area contributed by atoms with Crippen LogP contribution in [-0.2, 0) is 21.2 Å². The number of sulfonamides is 1. The van der Waals surface area contributed by atoms with Crippen LogP contribution in [0.2, 0.25) is 0 Å². The molecule has 116 valence electrons. The van der Waals surface area contributed by atoms with Crippen molar-refractivity contribution < 1.29 is 13.2 Å². The summed E-state index contributed by atoms with van der Waals surface area (Å²) in [6.07, 6.45) is 0.821. The second kappa shape index (κ2) is 10.1. The maximum Gasteiger partial charge on any atom is 0.240 e. The largest absolute Gasteiger partial charge is 0.383 e. The SMILES string of the molecule is CCc1cccc(S(=O)(=O)NCCNCCOC)c1.Cl. The van der Waals surface area contributed by atoms with Gasteiger partial charge in [-0.1, -0.05) is 19.1 Å². The molecule has 0 aromatic heterocycles. The Morgan fingerprint density at radius 2 is 1.95 bits per heavy atom. The normalized spacial score (nSPS) is 11.1. The van der Waals surface area contributed by atoms with Crippen molar-refractivity contribution in [2.24, 2.45) is 0 Å². The average Bonchev–Trinajstić information content (AvgIpc) is 2.43. The van der Waals surface area contributed by atoms with Gasteiger partial charge >= 0.3 is 0 Å². The molecule has 1 aromatic carbocycles. The maximum atomic E-state index is 12.0. The molecule has 0 saturated heterocycles. The highest BCUT2D eigenvalue weighted by atomic mass is 35.5. The first-order valence-corrected chi connectivity index (χ1v) is 7.86. The van der Waals surface area contributed by atoms with Crippen LogP contribution < -0.4 is 10.0 Å². The molecular formula is C13H23ClN2O3S. The van der Waals surface area contributed by atoms with E-state index in [0.29, 0.717) is 31.1 Å². The van der Waals surface area contributed by atoms with Gasteiger partial charge in [-0.05, 0) is 24.1 Å². The van der Waals surface area contributed by atoms with E-state index in [2.05, 4.69) is 10.0 Å². The van der Waals surface area contributed by atoms with Crippen molar-refractivity contribution in [3.05, 3.63) is 29.8 Å². The van der Waals surface area contributed by atoms with Gasteiger partial charge < -0.3 is 10.1 Å². The van der Waals surface area contributed by atoms with Crippen molar-refractivity contribution >= 4 is 22.4 Å². The van der Waals surface area contributed by atoms with Gasteiger partial charge in [-0.2, -0.15) is 0 Å². The molecular weight excluding hydrogens is 300 g/mol. The van der Waals surface area contributed by atoms with E-state index in [-0.39, 0.29) is 12.4 Å². The molecule has 1 aromatic rings. The molecule has 0 amide bonds. The lowest BCUT2D eigenvalue weighted by Crippen LogP contribution is -2.33. The number of rotatable bonds is 9. The Morgan fingerprint density at radius 1 is 1.20 bits per heavy atom. The molecule has 0 fully saturated rings. The quantitative estimate of drug-likeness (QED) is 0.670. The molecule has 0 atom stereocenters. The van der Waals surface area contributed by atoms with Gasteiger partial charge in [0.05, 0.1) is 11.5 Å². The van der Waals surface area contributed by atoms with Crippen molar-refractivity contribution in [1.29, 1.82) is 0 Å². The van der Waals surface area contributed by atoms with Gasteiger partial charge in [0, 0.05) is 26.7 Å². The van der Waals surface area contributed by atoms with Gasteiger partial charge in [-0.3, -0.25) is 0 Å². The van der Waals surface area contributed by atoms with Gasteiger partial charge in [0.25, 0.3) is 0 Å². The van der Waals surface area contributed by atoms with Crippen LogP contribution in [-0.4, -0.2) is 41.8 Å². The van der Waals surface area contributed by atoms with Crippen LogP contribution in [0, 0.1) is 0 Å². The minimum Gasteiger partial charge on any atom is -0.383 e. The van der Waals surface area contributed by atoms with Crippen LogP contribution >= 0.6 is 12.4 Å². The summed E-state index contributed by atoms with van der Waals surface area (Å²) in [6.45, 7) is 4.27. The van der Waals surface area contributed by atoms with E-state index < -0.39 is 10.0 Å². The molecule has 0 bridgehead atoms. The third-order valence-electron chi connectivity index (χ3n) is 2.69. The van der Waals surface area contributed by atoms with E-state index in [1.807, 2.05) is 13.0 Å². The van der Waals surface area contributed by atoms with Gasteiger partial charge in [0.1, 0.15) is 0 Å². The van der Waals surface area contributed by atoms with Crippen LogP contribution in [0.5, 0.6) is 0 Å². The molecule has 1 rings (SSSR count). The van der Waals surface area contributed by atoms with Crippen molar-refractivity contribution in [3.8, 4) is 0 Å². The Hall–Kier alpha value is -0.660. The second-order valence-electron chi connectivity index (χ2n) is 4.14. The molecule has 0 aliphatic carbocycles. The standard InChI is InChI=1S/C13H22N2O3S.ClH/c1-3-12-5-4-6-13(11-12)19(16,17)15-8-7-14-9-10-18-2;/h4-6,11,14-15H,3,7-10H2,1-2H3;1H. The van der Waals surface area contributed by atoms with E-state index in [1.54, 1.807) is 25.3 Å². The van der Waals surface area contributed by atoms with E-state index in [4.69, 9.17) is 4.74 Å². The highest BCUT2D eigenvalue weighted by Gasteiger charge is 2.12. The van der Waals surface area contributed by atoms with Gasteiger partial charge in [-0.25, -0.2) is 13.1 Å². The highest BCUT2D eigenvalue weighted by molar-refractivity contribution is 7.89. The number of hydrogen-bond acceptors (Lipinski definition) is 4. The fourth-order valence-electron chi connectivity index (χ4n) is 1.59. The number of halogens is 1. The minimum atomic E-state index is -3.41. The lowest BCUT2D eigenvalue weighted by Gasteiger charge is -2.08. The Balaban J connectivity index is 0.00000361. The number of ether oxygens (including phenoxy) is 1. The first kappa shape index (κ1) is 19.3. The van der Waals surface area contributed by atoms with E-state index in [9.17, 15) is 8.42 Å². The molecule has 0 heterocycles. The van der Waals surface area contributed by atoms with E-state index >= 15 is 0 Å². The Kier molecular flexibility index (Phi) is 9.79. The fourth-order valence-corrected chi connectivity index (χ4v) is 2.69. The summed E-state index contributed by atoms with van der Waals surface area (Å²) in [4.78, 5) is 0.323. The summed E-state index contributed by atoms with van der Waals surface area (Å²) in [7, 11) is -1.78. The second-order valence-corrected chi connectivity index (χ2v) is 5.91. The first-order chi connectivity index (χ1) is 9.10. The first-order valence-electron chi connectivity index (χ1n) is 6.38. The zero-order valence-electron chi connectivity index (χ0n) is 11.9. The van der Waals surface area contributed by atoms with Gasteiger partial charge in [0.2, 0.25) is 10.0 Å². The van der Waals surface area contributed by atoms with Crippen molar-refractivity contribution in [1.82, 2.24) is 10.0 Å². The Morgan fingerprint density at radius 3 is 2.60 bits per heavy atom. The highest BCUT2D eigenvalue weighted by Crippen LogP contribution is 2.11. The van der Waals surface area contributed by atoms with Crippen LogP contribution in [0.4, 0.5) is 0 Å². The Bertz CT molecular complexity index is 480. The zero-order valence-corrected chi connectivity index (χ0v) is 13.5. The number of benzene rings is 1. The number of aryl methyl sites for hydroxylation is 1. The third kappa shape index (κ3) is 6.67. The third-order valence-corrected chi connectivity index (χ3v) is 4.15. The predicted molar refractivity (Wildman–Crippen MR) is 83.0 cm³/mol. The minimum absolute atomic E-state index is 0. The van der Waals surface area contributed by atoms with Crippen LogP contribution in [0.25, 0.3) is 0 Å². The number of hydrogen-bond donors (Lipinski definition) is 2. The lowest BCUT2D eigenvalue weighted by molar-refractivity contribution is 0.199. The van der Waals surface area contributed by atoms with Gasteiger partial charge in [0.15, 0.2) is 0 Å². The molecule has 0 unspecified atom stereocenters. The smallest absolute Gasteiger partial charge is 0.240 e. The summed E-state index contributed by atoms with van der Waals surface area (Å²) in [6, 6.07) is 7.01. The summed E-state index contributed by atoms with van der Waals surface area (Å²) >= 11 is 0. The van der Waals surface area contributed by atoms with E-state index in [1.165, 1.54) is 0 Å². The van der Waals surface area contributed by atoms with Crippen LogP contribution in [0.1, 0.15) is 12.5 Å². The maximum absolute atomic E-state index is 12.0. The van der Waals surface area contributed by atoms with Crippen molar-refractivity contribution in [2.75, 3.05) is 33.4 Å². The van der Waals surface area contributed by atoms with Crippen LogP contribution in [0.15, 0.2) is 29.2 Å². The zero-order chi connectivity index (χ0) is 14.1. The number of methoxy groups -OCH3 is 1. The molecule has 0 saturated carbocycles. The summed E-state index contributed by atoms with van der Waals surface area (Å²) in [5, 5.41) is 3.08. The summed E-state index contributed by atoms with van der Waals surface area (Å²) in [5.41, 5.74) is 1.01.